The summed E-state index contributed by atoms with van der Waals surface area (Å²) in [4.78, 5) is 11.1. The predicted molar refractivity (Wildman–Crippen MR) is 102 cm³/mol. The molecule has 0 aliphatic carbocycles. The number of benzene rings is 2. The Hall–Kier alpha value is -2.31. The molecule has 2 aromatic carbocycles. The molecule has 0 spiro atoms. The number of primary amides is 1. The van der Waals surface area contributed by atoms with E-state index in [0.717, 1.165) is 0 Å². The van der Waals surface area contributed by atoms with Crippen LogP contribution in [0.4, 0.5) is 10.1 Å². The van der Waals surface area contributed by atoms with Crippen LogP contribution in [-0.4, -0.2) is 11.9 Å². The number of ether oxygens (including phenoxy) is 1. The van der Waals surface area contributed by atoms with Crippen molar-refractivity contribution in [1.29, 1.82) is 0 Å². The van der Waals surface area contributed by atoms with Gasteiger partial charge < -0.3 is 21.5 Å². The number of halogens is 2. The van der Waals surface area contributed by atoms with Gasteiger partial charge in [0.15, 0.2) is 11.6 Å². The monoisotopic (exact) mass is 379 g/mol. The molecule has 1 amide bonds. The van der Waals surface area contributed by atoms with E-state index >= 15 is 4.39 Å². The van der Waals surface area contributed by atoms with Crippen LogP contribution in [0, 0.1) is 5.82 Å². The number of anilines is 1. The average molecular weight is 380 g/mol. The molecule has 0 unspecified atom stereocenters. The van der Waals surface area contributed by atoms with Gasteiger partial charge in [0.25, 0.3) is 0 Å². The molecule has 2 rings (SSSR count). The van der Waals surface area contributed by atoms with Crippen LogP contribution in [0.1, 0.15) is 38.3 Å². The van der Waals surface area contributed by atoms with Crippen LogP contribution in [0.5, 0.6) is 11.5 Å². The van der Waals surface area contributed by atoms with Crippen molar-refractivity contribution in [1.82, 2.24) is 5.32 Å². The number of nitrogens with one attached hydrogen (secondary N) is 1. The predicted octanol–water partition coefficient (Wildman–Crippen LogP) is 4.16. The number of nitrogen functional groups attached to an aromatic ring is 1. The molecule has 0 saturated heterocycles. The summed E-state index contributed by atoms with van der Waals surface area (Å²) in [7, 11) is 0. The number of hydrogen-bond acceptors (Lipinski definition) is 4. The van der Waals surface area contributed by atoms with Gasteiger partial charge in [-0.1, -0.05) is 24.6 Å². The second-order valence-corrected chi connectivity index (χ2v) is 6.56. The number of rotatable bonds is 8. The molecule has 2 aromatic rings. The van der Waals surface area contributed by atoms with E-state index in [9.17, 15) is 4.79 Å². The van der Waals surface area contributed by atoms with Crippen molar-refractivity contribution in [3.63, 3.8) is 0 Å². The molecule has 5 N–H and O–H groups in total. The fourth-order valence-electron chi connectivity index (χ4n) is 2.70. The Morgan fingerprint density at radius 1 is 1.27 bits per heavy atom. The van der Waals surface area contributed by atoms with Crippen LogP contribution in [0.25, 0.3) is 0 Å². The highest BCUT2D eigenvalue weighted by molar-refractivity contribution is 6.32. The van der Waals surface area contributed by atoms with Crippen molar-refractivity contribution >= 4 is 23.2 Å². The third-order valence-corrected chi connectivity index (χ3v) is 4.25. The van der Waals surface area contributed by atoms with E-state index in [2.05, 4.69) is 5.32 Å². The summed E-state index contributed by atoms with van der Waals surface area (Å²) in [6, 6.07) is 9.32. The zero-order chi connectivity index (χ0) is 19.3. The van der Waals surface area contributed by atoms with Gasteiger partial charge in [0.05, 0.1) is 5.02 Å². The summed E-state index contributed by atoms with van der Waals surface area (Å²) in [6.45, 7) is 3.75. The molecular weight excluding hydrogens is 357 g/mol. The van der Waals surface area contributed by atoms with Crippen LogP contribution in [-0.2, 0) is 4.79 Å². The molecule has 0 fully saturated rings. The molecule has 0 aliphatic heterocycles. The molecule has 0 aliphatic rings. The van der Waals surface area contributed by atoms with E-state index in [1.54, 1.807) is 36.4 Å². The van der Waals surface area contributed by atoms with Gasteiger partial charge in [-0.15, -0.1) is 0 Å². The van der Waals surface area contributed by atoms with Crippen LogP contribution in [0.3, 0.4) is 0 Å². The van der Waals surface area contributed by atoms with Gasteiger partial charge in [-0.3, -0.25) is 4.79 Å². The topological polar surface area (TPSA) is 90.4 Å². The molecule has 0 bridgehead atoms. The van der Waals surface area contributed by atoms with Crippen molar-refractivity contribution in [2.45, 2.75) is 38.8 Å². The fourth-order valence-corrected chi connectivity index (χ4v) is 2.88. The second kappa shape index (κ2) is 8.87. The summed E-state index contributed by atoms with van der Waals surface area (Å²) in [5.74, 6) is -0.569. The highest BCUT2D eigenvalue weighted by Gasteiger charge is 2.22. The normalized spacial score (nSPS) is 13.2. The minimum absolute atomic E-state index is 0.0447. The zero-order valence-electron chi connectivity index (χ0n) is 14.8. The summed E-state index contributed by atoms with van der Waals surface area (Å²) in [5.41, 5.74) is 11.9. The Labute approximate surface area is 157 Å². The highest BCUT2D eigenvalue weighted by Crippen LogP contribution is 2.36. The number of carbonyl (C=O) groups is 1. The van der Waals surface area contributed by atoms with Crippen LogP contribution >= 0.6 is 11.6 Å². The number of carbonyl (C=O) groups excluding carboxylic acids is 1. The maximum Gasteiger partial charge on any atom is 0.218 e. The lowest BCUT2D eigenvalue weighted by molar-refractivity contribution is -0.118. The smallest absolute Gasteiger partial charge is 0.218 e. The Kier molecular flexibility index (Phi) is 6.83. The first-order valence-electron chi connectivity index (χ1n) is 8.37. The summed E-state index contributed by atoms with van der Waals surface area (Å²) in [6.07, 6.45) is 0.781. The van der Waals surface area contributed by atoms with Gasteiger partial charge in [-0.25, -0.2) is 4.39 Å². The summed E-state index contributed by atoms with van der Waals surface area (Å²) in [5, 5.41) is 3.39. The highest BCUT2D eigenvalue weighted by atomic mass is 35.5. The minimum Gasteiger partial charge on any atom is -0.453 e. The molecule has 5 nitrogen and oxygen atoms in total. The molecular formula is C19H23ClFN3O2. The first-order chi connectivity index (χ1) is 12.3. The van der Waals surface area contributed by atoms with Crippen molar-refractivity contribution in [2.75, 3.05) is 5.73 Å². The van der Waals surface area contributed by atoms with Crippen molar-refractivity contribution in [2.24, 2.45) is 5.73 Å². The Morgan fingerprint density at radius 2 is 1.92 bits per heavy atom. The Bertz CT molecular complexity index is 768. The van der Waals surface area contributed by atoms with Gasteiger partial charge in [0.1, 0.15) is 5.75 Å². The van der Waals surface area contributed by atoms with Crippen molar-refractivity contribution in [3.05, 3.63) is 52.8 Å². The van der Waals surface area contributed by atoms with Gasteiger partial charge in [-0.2, -0.15) is 0 Å². The first-order valence-corrected chi connectivity index (χ1v) is 8.75. The number of hydrogen-bond donors (Lipinski definition) is 3. The lowest BCUT2D eigenvalue weighted by atomic mass is 10.0. The average Bonchev–Trinajstić information content (AvgIpc) is 2.58. The maximum atomic E-state index is 15.1. The lowest BCUT2D eigenvalue weighted by Gasteiger charge is -2.23. The van der Waals surface area contributed by atoms with Gasteiger partial charge >= 0.3 is 0 Å². The lowest BCUT2D eigenvalue weighted by Crippen LogP contribution is -2.34. The second-order valence-electron chi connectivity index (χ2n) is 6.15. The van der Waals surface area contributed by atoms with E-state index in [-0.39, 0.29) is 29.3 Å². The largest absolute Gasteiger partial charge is 0.453 e. The maximum absolute atomic E-state index is 15.1. The zero-order valence-corrected chi connectivity index (χ0v) is 15.5. The molecule has 0 radical (unpaired) electrons. The molecule has 0 heterocycles. The molecule has 7 heteroatoms. The Balaban J connectivity index is 2.28. The quantitative estimate of drug-likeness (QED) is 0.601. The number of amides is 1. The van der Waals surface area contributed by atoms with E-state index in [1.165, 1.54) is 0 Å². The van der Waals surface area contributed by atoms with E-state index in [1.807, 2.05) is 13.8 Å². The van der Waals surface area contributed by atoms with Gasteiger partial charge in [0, 0.05) is 29.8 Å². The van der Waals surface area contributed by atoms with Crippen molar-refractivity contribution < 1.29 is 13.9 Å². The third-order valence-electron chi connectivity index (χ3n) is 3.96. The van der Waals surface area contributed by atoms with Crippen LogP contribution in [0.2, 0.25) is 5.02 Å². The van der Waals surface area contributed by atoms with Gasteiger partial charge in [0.2, 0.25) is 5.91 Å². The van der Waals surface area contributed by atoms with E-state index in [0.29, 0.717) is 23.4 Å². The SMILES string of the molecule is CC[C@@H](N[C@H](C)CC(N)=O)c1ccc(Cl)c(Oc2ccc(N)cc2)c1F. The molecule has 26 heavy (non-hydrogen) atoms. The summed E-state index contributed by atoms with van der Waals surface area (Å²) < 4.78 is 20.7. The van der Waals surface area contributed by atoms with E-state index < -0.39 is 11.7 Å². The molecule has 140 valence electrons. The van der Waals surface area contributed by atoms with Crippen LogP contribution < -0.4 is 21.5 Å². The fraction of sp³-hybridized carbons (Fsp3) is 0.316. The molecule has 2 atom stereocenters. The van der Waals surface area contributed by atoms with Crippen LogP contribution in [0.15, 0.2) is 36.4 Å². The van der Waals surface area contributed by atoms with Crippen molar-refractivity contribution in [3.8, 4) is 11.5 Å². The number of nitrogens with two attached hydrogens (primary N) is 2. The molecule has 0 aromatic heterocycles. The standard InChI is InChI=1S/C19H23ClFN3O2/c1-3-16(24-11(2)10-17(23)25)14-8-9-15(20)19(18(14)21)26-13-6-4-12(22)5-7-13/h4-9,11,16,24H,3,10,22H2,1-2H3,(H2,23,25)/t11-,16-/m1/s1. The summed E-state index contributed by atoms with van der Waals surface area (Å²) >= 11 is 6.13. The van der Waals surface area contributed by atoms with Gasteiger partial charge in [-0.05, 0) is 43.7 Å². The first kappa shape index (κ1) is 20.0. The third kappa shape index (κ3) is 5.09. The molecule has 0 saturated carbocycles. The van der Waals surface area contributed by atoms with E-state index in [4.69, 9.17) is 27.8 Å². The Morgan fingerprint density at radius 3 is 2.50 bits per heavy atom. The minimum atomic E-state index is -0.542.